The van der Waals surface area contributed by atoms with E-state index in [0.717, 1.165) is 31.0 Å². The van der Waals surface area contributed by atoms with Crippen LogP contribution in [-0.2, 0) is 4.79 Å². The Morgan fingerprint density at radius 1 is 1.18 bits per heavy atom. The minimum Gasteiger partial charge on any atom is -0.303 e. The zero-order valence-corrected chi connectivity index (χ0v) is 7.55. The molecule has 11 heavy (non-hydrogen) atoms. The number of fused-ring (bicyclic) bond motifs is 1. The van der Waals surface area contributed by atoms with Gasteiger partial charge in [0, 0.05) is 5.41 Å². The van der Waals surface area contributed by atoms with Crippen LogP contribution in [0.5, 0.6) is 0 Å². The average molecular weight is 152 g/mol. The molecule has 0 aliphatic heterocycles. The third-order valence-electron chi connectivity index (χ3n) is 3.94. The van der Waals surface area contributed by atoms with E-state index in [1.54, 1.807) is 0 Å². The first-order chi connectivity index (χ1) is 4.99. The molecule has 3 atom stereocenters. The standard InChI is InChI=1S/C10H16O/c1-9(2)7-4-10(3,6-11)5-8(7)9/h6-8H,4-5H2,1-3H3/t7-,8+,10?. The van der Waals surface area contributed by atoms with E-state index >= 15 is 0 Å². The maximum atomic E-state index is 10.7. The van der Waals surface area contributed by atoms with Crippen molar-refractivity contribution in [1.29, 1.82) is 0 Å². The van der Waals surface area contributed by atoms with Gasteiger partial charge < -0.3 is 4.79 Å². The van der Waals surface area contributed by atoms with Gasteiger partial charge in [0.05, 0.1) is 0 Å². The molecule has 0 bridgehead atoms. The van der Waals surface area contributed by atoms with Crippen molar-refractivity contribution in [2.75, 3.05) is 0 Å². The second-order valence-electron chi connectivity index (χ2n) is 5.21. The van der Waals surface area contributed by atoms with E-state index in [4.69, 9.17) is 0 Å². The first-order valence-corrected chi connectivity index (χ1v) is 4.46. The van der Waals surface area contributed by atoms with Gasteiger partial charge in [0.2, 0.25) is 0 Å². The predicted molar refractivity (Wildman–Crippen MR) is 44.2 cm³/mol. The lowest BCUT2D eigenvalue weighted by molar-refractivity contribution is -0.115. The maximum Gasteiger partial charge on any atom is 0.125 e. The lowest BCUT2D eigenvalue weighted by Crippen LogP contribution is -2.18. The van der Waals surface area contributed by atoms with E-state index in [1.807, 2.05) is 0 Å². The van der Waals surface area contributed by atoms with Gasteiger partial charge >= 0.3 is 0 Å². The molecule has 0 radical (unpaired) electrons. The van der Waals surface area contributed by atoms with Gasteiger partial charge in [-0.2, -0.15) is 0 Å². The summed E-state index contributed by atoms with van der Waals surface area (Å²) < 4.78 is 0. The van der Waals surface area contributed by atoms with Crippen LogP contribution in [0.25, 0.3) is 0 Å². The zero-order chi connectivity index (χ0) is 8.28. The molecule has 0 saturated heterocycles. The summed E-state index contributed by atoms with van der Waals surface area (Å²) >= 11 is 0. The van der Waals surface area contributed by atoms with Crippen LogP contribution in [-0.4, -0.2) is 6.29 Å². The molecule has 0 aromatic heterocycles. The minimum absolute atomic E-state index is 0.0326. The van der Waals surface area contributed by atoms with Crippen molar-refractivity contribution >= 4 is 6.29 Å². The second-order valence-corrected chi connectivity index (χ2v) is 5.21. The Hall–Kier alpha value is -0.330. The van der Waals surface area contributed by atoms with E-state index in [1.165, 1.54) is 0 Å². The topological polar surface area (TPSA) is 17.1 Å². The highest BCUT2D eigenvalue weighted by Crippen LogP contribution is 2.70. The molecule has 62 valence electrons. The molecule has 0 N–H and O–H groups in total. The van der Waals surface area contributed by atoms with E-state index in [2.05, 4.69) is 20.8 Å². The zero-order valence-electron chi connectivity index (χ0n) is 7.55. The third-order valence-corrected chi connectivity index (χ3v) is 3.94. The van der Waals surface area contributed by atoms with E-state index < -0.39 is 0 Å². The number of carbonyl (C=O) groups is 1. The van der Waals surface area contributed by atoms with Crippen LogP contribution in [0, 0.1) is 22.7 Å². The Labute approximate surface area is 68.2 Å². The van der Waals surface area contributed by atoms with Gasteiger partial charge in [-0.05, 0) is 30.1 Å². The van der Waals surface area contributed by atoms with Crippen molar-refractivity contribution in [2.24, 2.45) is 22.7 Å². The highest BCUT2D eigenvalue weighted by atomic mass is 16.1. The molecule has 0 amide bonds. The maximum absolute atomic E-state index is 10.7. The van der Waals surface area contributed by atoms with Gasteiger partial charge in [0.15, 0.2) is 0 Å². The highest BCUT2D eigenvalue weighted by molar-refractivity contribution is 5.60. The van der Waals surface area contributed by atoms with Crippen LogP contribution in [0.1, 0.15) is 33.6 Å². The van der Waals surface area contributed by atoms with Crippen LogP contribution >= 0.6 is 0 Å². The first-order valence-electron chi connectivity index (χ1n) is 4.46. The molecule has 0 heterocycles. The van der Waals surface area contributed by atoms with Crippen molar-refractivity contribution in [3.8, 4) is 0 Å². The van der Waals surface area contributed by atoms with Crippen LogP contribution in [0.4, 0.5) is 0 Å². The number of hydrogen-bond acceptors (Lipinski definition) is 1. The van der Waals surface area contributed by atoms with Crippen molar-refractivity contribution in [3.63, 3.8) is 0 Å². The summed E-state index contributed by atoms with van der Waals surface area (Å²) in [5.41, 5.74) is 0.591. The number of aldehydes is 1. The summed E-state index contributed by atoms with van der Waals surface area (Å²) in [7, 11) is 0. The van der Waals surface area contributed by atoms with Crippen LogP contribution in [0.2, 0.25) is 0 Å². The lowest BCUT2D eigenvalue weighted by Gasteiger charge is -2.21. The van der Waals surface area contributed by atoms with Gasteiger partial charge in [-0.15, -0.1) is 0 Å². The van der Waals surface area contributed by atoms with Crippen molar-refractivity contribution in [2.45, 2.75) is 33.6 Å². The molecular weight excluding hydrogens is 136 g/mol. The SMILES string of the molecule is CC1(C=O)C[C@@H]2[C@H](C1)C2(C)C. The van der Waals surface area contributed by atoms with Gasteiger partial charge in [0.25, 0.3) is 0 Å². The molecule has 0 aromatic rings. The lowest BCUT2D eigenvalue weighted by atomic mass is 9.82. The molecule has 1 heteroatoms. The molecule has 2 aliphatic rings. The summed E-state index contributed by atoms with van der Waals surface area (Å²) in [6, 6.07) is 0. The van der Waals surface area contributed by atoms with Gasteiger partial charge in [-0.3, -0.25) is 0 Å². The van der Waals surface area contributed by atoms with Crippen LogP contribution < -0.4 is 0 Å². The Morgan fingerprint density at radius 3 is 2.00 bits per heavy atom. The largest absolute Gasteiger partial charge is 0.303 e. The molecule has 2 aliphatic carbocycles. The number of carbonyl (C=O) groups excluding carboxylic acids is 1. The van der Waals surface area contributed by atoms with Crippen molar-refractivity contribution < 1.29 is 4.79 Å². The molecule has 0 aromatic carbocycles. The fraction of sp³-hybridized carbons (Fsp3) is 0.900. The van der Waals surface area contributed by atoms with E-state index in [-0.39, 0.29) is 5.41 Å². The smallest absolute Gasteiger partial charge is 0.125 e. The molecule has 1 nitrogen and oxygen atoms in total. The monoisotopic (exact) mass is 152 g/mol. The predicted octanol–water partition coefficient (Wildman–Crippen LogP) is 2.26. The fourth-order valence-corrected chi connectivity index (χ4v) is 2.85. The summed E-state index contributed by atoms with van der Waals surface area (Å²) in [5.74, 6) is 1.69. The second kappa shape index (κ2) is 1.70. The molecular formula is C10H16O. The Kier molecular flexibility index (Phi) is 1.13. The minimum atomic E-state index is 0.0326. The van der Waals surface area contributed by atoms with Gasteiger partial charge in [-0.25, -0.2) is 0 Å². The highest BCUT2D eigenvalue weighted by Gasteiger charge is 2.64. The summed E-state index contributed by atoms with van der Waals surface area (Å²) in [5, 5.41) is 0. The summed E-state index contributed by atoms with van der Waals surface area (Å²) in [6.45, 7) is 6.75. The van der Waals surface area contributed by atoms with Gasteiger partial charge in [0.1, 0.15) is 6.29 Å². The Bertz CT molecular complexity index is 191. The van der Waals surface area contributed by atoms with E-state index in [0.29, 0.717) is 5.41 Å². The third kappa shape index (κ3) is 0.800. The summed E-state index contributed by atoms with van der Waals surface area (Å²) in [4.78, 5) is 10.7. The summed E-state index contributed by atoms with van der Waals surface area (Å²) in [6.07, 6.45) is 3.43. The van der Waals surface area contributed by atoms with Crippen molar-refractivity contribution in [1.82, 2.24) is 0 Å². The molecule has 0 spiro atoms. The normalized spacial score (nSPS) is 51.9. The molecule has 2 saturated carbocycles. The van der Waals surface area contributed by atoms with E-state index in [9.17, 15) is 4.79 Å². The number of hydrogen-bond donors (Lipinski definition) is 0. The molecule has 2 fully saturated rings. The quantitative estimate of drug-likeness (QED) is 0.527. The van der Waals surface area contributed by atoms with Crippen molar-refractivity contribution in [3.05, 3.63) is 0 Å². The molecule has 2 rings (SSSR count). The first kappa shape index (κ1) is 7.33. The van der Waals surface area contributed by atoms with Gasteiger partial charge in [-0.1, -0.05) is 20.8 Å². The van der Waals surface area contributed by atoms with Crippen LogP contribution in [0.3, 0.4) is 0 Å². The number of rotatable bonds is 1. The Morgan fingerprint density at radius 2 is 1.64 bits per heavy atom. The molecule has 1 unspecified atom stereocenters. The average Bonchev–Trinajstić information content (AvgIpc) is 2.31. The Balaban J connectivity index is 2.10. The van der Waals surface area contributed by atoms with Crippen LogP contribution in [0.15, 0.2) is 0 Å². The fourth-order valence-electron chi connectivity index (χ4n) is 2.85.